The quantitative estimate of drug-likeness (QED) is 0.794. The van der Waals surface area contributed by atoms with Crippen LogP contribution < -0.4 is 11.1 Å². The summed E-state index contributed by atoms with van der Waals surface area (Å²) in [7, 11) is 1.68. The van der Waals surface area contributed by atoms with Crippen molar-refractivity contribution in [3.63, 3.8) is 0 Å². The van der Waals surface area contributed by atoms with Crippen LogP contribution in [0.5, 0.6) is 0 Å². The summed E-state index contributed by atoms with van der Waals surface area (Å²) in [5.41, 5.74) is 7.05. The van der Waals surface area contributed by atoms with E-state index in [4.69, 9.17) is 10.5 Å². The lowest BCUT2D eigenvalue weighted by atomic mass is 9.99. The number of nitrogens with one attached hydrogen (secondary N) is 1. The summed E-state index contributed by atoms with van der Waals surface area (Å²) in [6, 6.07) is 7.44. The number of carbonyl (C=O) groups excluding carboxylic acids is 1. The number of halogens is 1. The number of hydrogen-bond donors (Lipinski definition) is 2. The SMILES string of the molecule is COC(C)(C)CC(C)NC(=O)Cc1ccc(N)cc1.Cl. The van der Waals surface area contributed by atoms with E-state index >= 15 is 0 Å². The average Bonchev–Trinajstić information content (AvgIpc) is 2.31. The first-order valence-corrected chi connectivity index (χ1v) is 6.51. The minimum absolute atomic E-state index is 0. The van der Waals surface area contributed by atoms with Crippen LogP contribution in [0.4, 0.5) is 5.69 Å². The van der Waals surface area contributed by atoms with Gasteiger partial charge in [0.05, 0.1) is 12.0 Å². The molecule has 1 unspecified atom stereocenters. The van der Waals surface area contributed by atoms with Gasteiger partial charge in [0.15, 0.2) is 0 Å². The molecule has 0 spiro atoms. The van der Waals surface area contributed by atoms with E-state index in [1.165, 1.54) is 0 Å². The molecule has 114 valence electrons. The van der Waals surface area contributed by atoms with E-state index in [2.05, 4.69) is 5.32 Å². The molecule has 20 heavy (non-hydrogen) atoms. The predicted molar refractivity (Wildman–Crippen MR) is 85.1 cm³/mol. The number of nitrogen functional groups attached to an aromatic ring is 1. The molecule has 0 radical (unpaired) electrons. The molecule has 4 nitrogen and oxygen atoms in total. The van der Waals surface area contributed by atoms with Gasteiger partial charge in [-0.05, 0) is 44.9 Å². The Morgan fingerprint density at radius 2 is 1.90 bits per heavy atom. The monoisotopic (exact) mass is 300 g/mol. The zero-order valence-electron chi connectivity index (χ0n) is 12.6. The predicted octanol–water partition coefficient (Wildman–Crippen LogP) is 2.55. The molecule has 0 aliphatic heterocycles. The van der Waals surface area contributed by atoms with Crippen molar-refractivity contribution in [1.82, 2.24) is 5.32 Å². The third-order valence-corrected chi connectivity index (χ3v) is 3.10. The van der Waals surface area contributed by atoms with Gasteiger partial charge in [-0.1, -0.05) is 12.1 Å². The molecular weight excluding hydrogens is 276 g/mol. The third-order valence-electron chi connectivity index (χ3n) is 3.10. The third kappa shape index (κ3) is 6.78. The van der Waals surface area contributed by atoms with Gasteiger partial charge in [0.25, 0.3) is 0 Å². The highest BCUT2D eigenvalue weighted by Gasteiger charge is 2.21. The molecule has 1 amide bonds. The summed E-state index contributed by atoms with van der Waals surface area (Å²) in [6.45, 7) is 6.01. The van der Waals surface area contributed by atoms with E-state index in [-0.39, 0.29) is 30.0 Å². The number of nitrogens with two attached hydrogens (primary N) is 1. The van der Waals surface area contributed by atoms with E-state index in [1.54, 1.807) is 19.2 Å². The van der Waals surface area contributed by atoms with Crippen LogP contribution in [0.3, 0.4) is 0 Å². The van der Waals surface area contributed by atoms with Gasteiger partial charge >= 0.3 is 0 Å². The van der Waals surface area contributed by atoms with Crippen molar-refractivity contribution >= 4 is 24.0 Å². The number of hydrogen-bond acceptors (Lipinski definition) is 3. The Labute approximate surface area is 127 Å². The van der Waals surface area contributed by atoms with Crippen LogP contribution in [0, 0.1) is 0 Å². The Morgan fingerprint density at radius 3 is 2.40 bits per heavy atom. The topological polar surface area (TPSA) is 64.3 Å². The molecule has 3 N–H and O–H groups in total. The number of methoxy groups -OCH3 is 1. The van der Waals surface area contributed by atoms with Gasteiger partial charge in [0.1, 0.15) is 0 Å². The van der Waals surface area contributed by atoms with E-state index in [0.717, 1.165) is 12.0 Å². The van der Waals surface area contributed by atoms with Crippen molar-refractivity contribution in [2.45, 2.75) is 45.3 Å². The Balaban J connectivity index is 0.00000361. The Hall–Kier alpha value is -1.26. The van der Waals surface area contributed by atoms with Crippen LogP contribution >= 0.6 is 12.4 Å². The second-order valence-corrected chi connectivity index (χ2v) is 5.55. The largest absolute Gasteiger partial charge is 0.399 e. The minimum Gasteiger partial charge on any atom is -0.399 e. The Kier molecular flexibility index (Phi) is 7.61. The van der Waals surface area contributed by atoms with Crippen molar-refractivity contribution in [3.05, 3.63) is 29.8 Å². The van der Waals surface area contributed by atoms with Gasteiger partial charge in [0, 0.05) is 18.8 Å². The molecule has 1 rings (SSSR count). The molecule has 0 aromatic heterocycles. The van der Waals surface area contributed by atoms with Crippen LogP contribution in [0.25, 0.3) is 0 Å². The van der Waals surface area contributed by atoms with Gasteiger partial charge in [-0.2, -0.15) is 0 Å². The normalized spacial score (nSPS) is 12.4. The number of anilines is 1. The molecule has 5 heteroatoms. The first-order valence-electron chi connectivity index (χ1n) is 6.51. The molecule has 0 aliphatic carbocycles. The summed E-state index contributed by atoms with van der Waals surface area (Å²) in [5.74, 6) is 0.0178. The lowest BCUT2D eigenvalue weighted by molar-refractivity contribution is -0.121. The molecule has 0 aliphatic rings. The maximum atomic E-state index is 11.9. The molecular formula is C15H25ClN2O2. The number of rotatable bonds is 6. The fourth-order valence-electron chi connectivity index (χ4n) is 2.02. The summed E-state index contributed by atoms with van der Waals surface area (Å²) < 4.78 is 5.36. The van der Waals surface area contributed by atoms with Crippen molar-refractivity contribution < 1.29 is 9.53 Å². The first kappa shape index (κ1) is 18.7. The molecule has 1 aromatic rings. The highest BCUT2D eigenvalue weighted by molar-refractivity contribution is 5.85. The molecule has 0 saturated carbocycles. The van der Waals surface area contributed by atoms with Gasteiger partial charge in [0.2, 0.25) is 5.91 Å². The van der Waals surface area contributed by atoms with E-state index in [0.29, 0.717) is 12.1 Å². The Morgan fingerprint density at radius 1 is 1.35 bits per heavy atom. The van der Waals surface area contributed by atoms with Crippen molar-refractivity contribution in [3.8, 4) is 0 Å². The van der Waals surface area contributed by atoms with Gasteiger partial charge in [-0.25, -0.2) is 0 Å². The number of carbonyl (C=O) groups is 1. The molecule has 0 fully saturated rings. The maximum absolute atomic E-state index is 11.9. The van der Waals surface area contributed by atoms with Crippen LogP contribution in [0.1, 0.15) is 32.8 Å². The van der Waals surface area contributed by atoms with Gasteiger partial charge in [-0.15, -0.1) is 12.4 Å². The second-order valence-electron chi connectivity index (χ2n) is 5.55. The first-order chi connectivity index (χ1) is 8.82. The van der Waals surface area contributed by atoms with Crippen LogP contribution in [-0.2, 0) is 16.0 Å². The highest BCUT2D eigenvalue weighted by Crippen LogP contribution is 2.15. The second kappa shape index (κ2) is 8.12. The highest BCUT2D eigenvalue weighted by atomic mass is 35.5. The van der Waals surface area contributed by atoms with E-state index < -0.39 is 0 Å². The minimum atomic E-state index is -0.228. The zero-order valence-corrected chi connectivity index (χ0v) is 13.4. The molecule has 1 atom stereocenters. The van der Waals surface area contributed by atoms with Gasteiger partial charge in [-0.3, -0.25) is 4.79 Å². The number of ether oxygens (including phenoxy) is 1. The van der Waals surface area contributed by atoms with E-state index in [1.807, 2.05) is 32.9 Å². The summed E-state index contributed by atoms with van der Waals surface area (Å²) in [6.07, 6.45) is 1.15. The van der Waals surface area contributed by atoms with Gasteiger partial charge < -0.3 is 15.8 Å². The smallest absolute Gasteiger partial charge is 0.224 e. The van der Waals surface area contributed by atoms with Crippen LogP contribution in [-0.4, -0.2) is 24.7 Å². The average molecular weight is 301 g/mol. The summed E-state index contributed by atoms with van der Waals surface area (Å²) >= 11 is 0. The standard InChI is InChI=1S/C15H24N2O2.ClH/c1-11(10-15(2,3)19-4)17-14(18)9-12-5-7-13(16)8-6-12;/h5-8,11H,9-10,16H2,1-4H3,(H,17,18);1H. The van der Waals surface area contributed by atoms with Crippen LogP contribution in [0.2, 0.25) is 0 Å². The lowest BCUT2D eigenvalue weighted by Crippen LogP contribution is -2.39. The summed E-state index contributed by atoms with van der Waals surface area (Å²) in [5, 5.41) is 2.98. The molecule has 0 bridgehead atoms. The number of amides is 1. The van der Waals surface area contributed by atoms with Crippen molar-refractivity contribution in [2.24, 2.45) is 0 Å². The van der Waals surface area contributed by atoms with E-state index in [9.17, 15) is 4.79 Å². The number of benzene rings is 1. The zero-order chi connectivity index (χ0) is 14.5. The van der Waals surface area contributed by atoms with Crippen LogP contribution in [0.15, 0.2) is 24.3 Å². The maximum Gasteiger partial charge on any atom is 0.224 e. The van der Waals surface area contributed by atoms with Crippen molar-refractivity contribution in [2.75, 3.05) is 12.8 Å². The lowest BCUT2D eigenvalue weighted by Gasteiger charge is -2.27. The fraction of sp³-hybridized carbons (Fsp3) is 0.533. The molecule has 0 heterocycles. The molecule has 0 saturated heterocycles. The summed E-state index contributed by atoms with van der Waals surface area (Å²) in [4.78, 5) is 11.9. The van der Waals surface area contributed by atoms with Crippen molar-refractivity contribution in [1.29, 1.82) is 0 Å². The Bertz CT molecular complexity index is 418. The fourth-order valence-corrected chi connectivity index (χ4v) is 2.02. The molecule has 1 aromatic carbocycles.